The first-order valence-corrected chi connectivity index (χ1v) is 6.75. The van der Waals surface area contributed by atoms with E-state index in [1.165, 1.54) is 6.07 Å². The van der Waals surface area contributed by atoms with Gasteiger partial charge in [0.05, 0.1) is 4.47 Å². The van der Waals surface area contributed by atoms with Crippen molar-refractivity contribution in [1.82, 2.24) is 5.32 Å². The van der Waals surface area contributed by atoms with Crippen LogP contribution >= 0.6 is 15.9 Å². The first-order valence-electron chi connectivity index (χ1n) is 5.95. The van der Waals surface area contributed by atoms with E-state index in [1.807, 2.05) is 13.8 Å². The van der Waals surface area contributed by atoms with E-state index in [2.05, 4.69) is 26.6 Å². The summed E-state index contributed by atoms with van der Waals surface area (Å²) in [5.41, 5.74) is 1.52. The number of anilines is 1. The van der Waals surface area contributed by atoms with E-state index < -0.39 is 6.04 Å². The zero-order chi connectivity index (χ0) is 13.7. The average molecular weight is 317 g/mol. The maximum Gasteiger partial charge on any atom is 0.242 e. The molecule has 0 saturated heterocycles. The van der Waals surface area contributed by atoms with Crippen LogP contribution in [0.3, 0.4) is 0 Å². The predicted molar refractivity (Wildman–Crippen MR) is 75.2 cm³/mol. The Morgan fingerprint density at radius 3 is 2.78 bits per heavy atom. The number of hydrogen-bond donors (Lipinski definition) is 2. The summed E-state index contributed by atoms with van der Waals surface area (Å²) in [4.78, 5) is 11.7. The fraction of sp³-hybridized carbons (Fsp3) is 0.462. The summed E-state index contributed by atoms with van der Waals surface area (Å²) in [6, 6.07) is 2.69. The molecule has 0 fully saturated rings. The molecule has 0 aliphatic heterocycles. The number of carbonyl (C=O) groups is 1. The Labute approximate surface area is 115 Å². The van der Waals surface area contributed by atoms with Crippen molar-refractivity contribution >= 4 is 27.5 Å². The zero-order valence-electron chi connectivity index (χ0n) is 10.8. The Balaban J connectivity index is 2.72. The molecule has 0 aliphatic rings. The molecule has 1 rings (SSSR count). The van der Waals surface area contributed by atoms with Crippen LogP contribution in [0.4, 0.5) is 10.1 Å². The molecule has 1 aromatic carbocycles. The first kappa shape index (κ1) is 15.0. The molecule has 5 heteroatoms. The van der Waals surface area contributed by atoms with Gasteiger partial charge in [-0.3, -0.25) is 4.79 Å². The minimum atomic E-state index is -0.393. The number of amides is 1. The molecule has 1 aromatic rings. The number of carbonyl (C=O) groups excluding carboxylic acids is 1. The van der Waals surface area contributed by atoms with E-state index in [9.17, 15) is 9.18 Å². The number of halogens is 2. The Morgan fingerprint density at radius 2 is 2.17 bits per heavy atom. The molecule has 100 valence electrons. The van der Waals surface area contributed by atoms with Gasteiger partial charge >= 0.3 is 0 Å². The molecular formula is C13H18BrFN2O. The number of hydrogen-bond acceptors (Lipinski definition) is 2. The summed E-state index contributed by atoms with van der Waals surface area (Å²) >= 11 is 3.13. The molecule has 0 bridgehead atoms. The van der Waals surface area contributed by atoms with Crippen molar-refractivity contribution in [2.24, 2.45) is 0 Å². The summed E-state index contributed by atoms with van der Waals surface area (Å²) in [5, 5.41) is 5.81. The summed E-state index contributed by atoms with van der Waals surface area (Å²) in [7, 11) is 0. The molecule has 2 N–H and O–H groups in total. The maximum atomic E-state index is 13.4. The van der Waals surface area contributed by atoms with Crippen LogP contribution in [0.1, 0.15) is 25.8 Å². The van der Waals surface area contributed by atoms with Crippen LogP contribution < -0.4 is 10.6 Å². The fourth-order valence-electron chi connectivity index (χ4n) is 1.50. The van der Waals surface area contributed by atoms with Gasteiger partial charge in [-0.1, -0.05) is 6.92 Å². The Hall–Kier alpha value is -1.10. The average Bonchev–Trinajstić information content (AvgIpc) is 2.32. The highest BCUT2D eigenvalue weighted by molar-refractivity contribution is 9.10. The highest BCUT2D eigenvalue weighted by Crippen LogP contribution is 2.24. The maximum absolute atomic E-state index is 13.4. The third kappa shape index (κ3) is 3.98. The van der Waals surface area contributed by atoms with Crippen molar-refractivity contribution in [2.45, 2.75) is 33.2 Å². The van der Waals surface area contributed by atoms with Crippen LogP contribution in [-0.2, 0) is 4.79 Å². The van der Waals surface area contributed by atoms with Crippen LogP contribution in [0, 0.1) is 12.7 Å². The second-order valence-corrected chi connectivity index (χ2v) is 5.09. The second kappa shape index (κ2) is 6.73. The van der Waals surface area contributed by atoms with Gasteiger partial charge in [-0.15, -0.1) is 0 Å². The van der Waals surface area contributed by atoms with Crippen molar-refractivity contribution in [3.8, 4) is 0 Å². The van der Waals surface area contributed by atoms with E-state index in [4.69, 9.17) is 0 Å². The van der Waals surface area contributed by atoms with Crippen LogP contribution in [-0.4, -0.2) is 18.5 Å². The lowest BCUT2D eigenvalue weighted by molar-refractivity contribution is -0.121. The predicted octanol–water partition coefficient (Wildman–Crippen LogP) is 3.22. The molecule has 0 radical (unpaired) electrons. The minimum Gasteiger partial charge on any atom is -0.374 e. The Bertz CT molecular complexity index is 437. The van der Waals surface area contributed by atoms with Gasteiger partial charge < -0.3 is 10.6 Å². The summed E-state index contributed by atoms with van der Waals surface area (Å²) in [5.74, 6) is -0.427. The van der Waals surface area contributed by atoms with Gasteiger partial charge in [0.25, 0.3) is 0 Å². The number of benzene rings is 1. The normalized spacial score (nSPS) is 12.1. The van der Waals surface area contributed by atoms with Crippen LogP contribution in [0.5, 0.6) is 0 Å². The van der Waals surface area contributed by atoms with E-state index in [1.54, 1.807) is 13.0 Å². The minimum absolute atomic E-state index is 0.0837. The van der Waals surface area contributed by atoms with Gasteiger partial charge in [0.2, 0.25) is 5.91 Å². The van der Waals surface area contributed by atoms with Crippen LogP contribution in [0.2, 0.25) is 0 Å². The quantitative estimate of drug-likeness (QED) is 0.875. The second-order valence-electron chi connectivity index (χ2n) is 4.24. The highest BCUT2D eigenvalue weighted by Gasteiger charge is 2.14. The van der Waals surface area contributed by atoms with Gasteiger partial charge in [-0.2, -0.15) is 0 Å². The molecule has 0 heterocycles. The molecule has 1 amide bonds. The first-order chi connectivity index (χ1) is 8.45. The fourth-order valence-corrected chi connectivity index (χ4v) is 1.96. The van der Waals surface area contributed by atoms with Gasteiger partial charge in [0.1, 0.15) is 11.9 Å². The number of nitrogens with one attached hydrogen (secondary N) is 2. The lowest BCUT2D eigenvalue weighted by Gasteiger charge is -2.17. The molecule has 1 unspecified atom stereocenters. The monoisotopic (exact) mass is 316 g/mol. The molecule has 0 aliphatic carbocycles. The van der Waals surface area contributed by atoms with Crippen molar-refractivity contribution in [3.63, 3.8) is 0 Å². The van der Waals surface area contributed by atoms with Crippen molar-refractivity contribution in [1.29, 1.82) is 0 Å². The van der Waals surface area contributed by atoms with Crippen LogP contribution in [0.15, 0.2) is 16.6 Å². The van der Waals surface area contributed by atoms with Crippen molar-refractivity contribution < 1.29 is 9.18 Å². The molecule has 0 spiro atoms. The smallest absolute Gasteiger partial charge is 0.242 e. The largest absolute Gasteiger partial charge is 0.374 e. The molecular weight excluding hydrogens is 299 g/mol. The Morgan fingerprint density at radius 1 is 1.50 bits per heavy atom. The van der Waals surface area contributed by atoms with Gasteiger partial charge in [-0.05, 0) is 53.9 Å². The summed E-state index contributed by atoms with van der Waals surface area (Å²) in [6.07, 6.45) is 0.893. The summed E-state index contributed by atoms with van der Waals surface area (Å²) < 4.78 is 13.9. The number of aryl methyl sites for hydroxylation is 1. The van der Waals surface area contributed by atoms with E-state index in [0.29, 0.717) is 16.7 Å². The zero-order valence-corrected chi connectivity index (χ0v) is 12.4. The Kier molecular flexibility index (Phi) is 5.59. The van der Waals surface area contributed by atoms with E-state index >= 15 is 0 Å². The van der Waals surface area contributed by atoms with Gasteiger partial charge in [-0.25, -0.2) is 4.39 Å². The molecule has 0 aromatic heterocycles. The third-order valence-corrected chi connectivity index (χ3v) is 3.19. The standard InChI is InChI=1S/C13H18BrFN2O/c1-4-5-16-13(18)9(3)17-12-7-11(15)10(14)6-8(12)2/h6-7,9,17H,4-5H2,1-3H3,(H,16,18). The van der Waals surface area contributed by atoms with E-state index in [0.717, 1.165) is 12.0 Å². The van der Waals surface area contributed by atoms with Crippen molar-refractivity contribution in [3.05, 3.63) is 28.0 Å². The molecule has 18 heavy (non-hydrogen) atoms. The molecule has 1 atom stereocenters. The topological polar surface area (TPSA) is 41.1 Å². The van der Waals surface area contributed by atoms with E-state index in [-0.39, 0.29) is 11.7 Å². The third-order valence-electron chi connectivity index (χ3n) is 2.58. The molecule has 3 nitrogen and oxygen atoms in total. The lowest BCUT2D eigenvalue weighted by atomic mass is 10.1. The van der Waals surface area contributed by atoms with Gasteiger partial charge in [0.15, 0.2) is 0 Å². The number of rotatable bonds is 5. The highest BCUT2D eigenvalue weighted by atomic mass is 79.9. The SMILES string of the molecule is CCCNC(=O)C(C)Nc1cc(F)c(Br)cc1C. The lowest BCUT2D eigenvalue weighted by Crippen LogP contribution is -2.38. The molecule has 0 saturated carbocycles. The van der Waals surface area contributed by atoms with Crippen molar-refractivity contribution in [2.75, 3.05) is 11.9 Å². The van der Waals surface area contributed by atoms with Gasteiger partial charge in [0, 0.05) is 12.2 Å². The van der Waals surface area contributed by atoms with Crippen LogP contribution in [0.25, 0.3) is 0 Å². The summed E-state index contributed by atoms with van der Waals surface area (Å²) in [6.45, 7) is 6.26.